The molecule has 26 heavy (non-hydrogen) atoms. The summed E-state index contributed by atoms with van der Waals surface area (Å²) in [5.41, 5.74) is 5.07. The van der Waals surface area contributed by atoms with Gasteiger partial charge in [0, 0.05) is 30.4 Å². The lowest BCUT2D eigenvalue weighted by Gasteiger charge is -2.20. The molecule has 4 nitrogen and oxygen atoms in total. The third-order valence-corrected chi connectivity index (χ3v) is 3.48. The average molecular weight is 376 g/mol. The van der Waals surface area contributed by atoms with Gasteiger partial charge in [0.2, 0.25) is 0 Å². The van der Waals surface area contributed by atoms with Crippen molar-refractivity contribution in [3.8, 4) is 5.75 Å². The quantitative estimate of drug-likeness (QED) is 0.650. The first-order chi connectivity index (χ1) is 12.1. The molecule has 0 bridgehead atoms. The van der Waals surface area contributed by atoms with Gasteiger partial charge >= 0.3 is 6.18 Å². The molecule has 0 amide bonds. The predicted molar refractivity (Wildman–Crippen MR) is 85.8 cm³/mol. The summed E-state index contributed by atoms with van der Waals surface area (Å²) in [6.45, 7) is -0.377. The highest BCUT2D eigenvalue weighted by Gasteiger charge is 2.30. The molecule has 0 unspecified atom stereocenters. The Bertz CT molecular complexity index is 719. The van der Waals surface area contributed by atoms with Gasteiger partial charge in [0.15, 0.2) is 0 Å². The fourth-order valence-corrected chi connectivity index (χ4v) is 2.09. The van der Waals surface area contributed by atoms with E-state index in [4.69, 9.17) is 10.5 Å². The third-order valence-electron chi connectivity index (χ3n) is 3.48. The van der Waals surface area contributed by atoms with Gasteiger partial charge < -0.3 is 20.9 Å². The number of aliphatic hydroxyl groups is 1. The number of alkyl halides is 3. The Morgan fingerprint density at radius 1 is 1.08 bits per heavy atom. The number of halogens is 5. The van der Waals surface area contributed by atoms with E-state index >= 15 is 0 Å². The summed E-state index contributed by atoms with van der Waals surface area (Å²) < 4.78 is 69.2. The van der Waals surface area contributed by atoms with Gasteiger partial charge in [-0.1, -0.05) is 6.07 Å². The second-order valence-corrected chi connectivity index (χ2v) is 5.61. The van der Waals surface area contributed by atoms with Gasteiger partial charge in [0.05, 0.1) is 17.7 Å². The first-order valence-electron chi connectivity index (χ1n) is 7.59. The van der Waals surface area contributed by atoms with Crippen molar-refractivity contribution in [2.24, 2.45) is 5.73 Å². The van der Waals surface area contributed by atoms with E-state index in [1.54, 1.807) is 0 Å². The van der Waals surface area contributed by atoms with Crippen LogP contribution < -0.4 is 15.8 Å². The van der Waals surface area contributed by atoms with Gasteiger partial charge in [-0.05, 0) is 18.2 Å². The summed E-state index contributed by atoms with van der Waals surface area (Å²) in [4.78, 5) is 0. The summed E-state index contributed by atoms with van der Waals surface area (Å²) in [7, 11) is 0. The average Bonchev–Trinajstić information content (AvgIpc) is 2.56. The summed E-state index contributed by atoms with van der Waals surface area (Å²) >= 11 is 0. The van der Waals surface area contributed by atoms with Crippen LogP contribution in [-0.4, -0.2) is 30.4 Å². The van der Waals surface area contributed by atoms with Crippen LogP contribution >= 0.6 is 0 Å². The Morgan fingerprint density at radius 2 is 1.73 bits per heavy atom. The number of hydrogen-bond donors (Lipinski definition) is 3. The highest BCUT2D eigenvalue weighted by Crippen LogP contribution is 2.30. The lowest BCUT2D eigenvalue weighted by Crippen LogP contribution is -2.43. The molecule has 0 fully saturated rings. The van der Waals surface area contributed by atoms with Crippen LogP contribution in [0.5, 0.6) is 5.75 Å². The molecule has 0 saturated heterocycles. The molecule has 9 heteroatoms. The van der Waals surface area contributed by atoms with Crippen LogP contribution in [0.4, 0.5) is 27.6 Å². The monoisotopic (exact) mass is 376 g/mol. The van der Waals surface area contributed by atoms with E-state index in [1.165, 1.54) is 12.1 Å². The normalized spacial score (nSPS) is 14.0. The Labute approximate surface area is 146 Å². The Hall–Kier alpha value is -2.39. The SMILES string of the molecule is N[C@@H](COc1cc(F)cc(F)c1)[C@H](O)CNc1cccc(C(F)(F)F)c1. The van der Waals surface area contributed by atoms with Gasteiger partial charge in [-0.25, -0.2) is 8.78 Å². The van der Waals surface area contributed by atoms with Crippen LogP contribution in [0.15, 0.2) is 42.5 Å². The van der Waals surface area contributed by atoms with Crippen molar-refractivity contribution in [3.63, 3.8) is 0 Å². The van der Waals surface area contributed by atoms with E-state index < -0.39 is 35.5 Å². The van der Waals surface area contributed by atoms with E-state index in [2.05, 4.69) is 5.32 Å². The van der Waals surface area contributed by atoms with Gasteiger partial charge in [-0.15, -0.1) is 0 Å². The van der Waals surface area contributed by atoms with Crippen molar-refractivity contribution >= 4 is 5.69 Å². The maximum absolute atomic E-state index is 13.0. The van der Waals surface area contributed by atoms with E-state index in [-0.39, 0.29) is 24.6 Å². The maximum atomic E-state index is 13.0. The van der Waals surface area contributed by atoms with Crippen molar-refractivity contribution < 1.29 is 31.8 Å². The number of anilines is 1. The van der Waals surface area contributed by atoms with Crippen molar-refractivity contribution in [1.82, 2.24) is 0 Å². The number of aliphatic hydroxyl groups excluding tert-OH is 1. The van der Waals surface area contributed by atoms with Crippen LogP contribution in [0, 0.1) is 11.6 Å². The Morgan fingerprint density at radius 3 is 2.35 bits per heavy atom. The molecular weight excluding hydrogens is 359 g/mol. The van der Waals surface area contributed by atoms with Crippen LogP contribution in [-0.2, 0) is 6.18 Å². The lowest BCUT2D eigenvalue weighted by atomic mass is 10.1. The summed E-state index contributed by atoms with van der Waals surface area (Å²) in [6, 6.07) is 6.16. The molecule has 2 rings (SSSR count). The standard InChI is InChI=1S/C17H17F5N2O2/c18-11-5-12(19)7-14(6-11)26-9-15(23)16(25)8-24-13-3-1-2-10(4-13)17(20,21)22/h1-7,15-16,24-25H,8-9,23H2/t15-,16+/m0/s1. The first-order valence-corrected chi connectivity index (χ1v) is 7.59. The summed E-state index contributed by atoms with van der Waals surface area (Å²) in [5, 5.41) is 12.6. The Balaban J connectivity index is 1.86. The number of benzene rings is 2. The second-order valence-electron chi connectivity index (χ2n) is 5.61. The molecule has 142 valence electrons. The van der Waals surface area contributed by atoms with E-state index in [0.717, 1.165) is 24.3 Å². The zero-order chi connectivity index (χ0) is 19.3. The fourth-order valence-electron chi connectivity index (χ4n) is 2.09. The highest BCUT2D eigenvalue weighted by molar-refractivity contribution is 5.46. The van der Waals surface area contributed by atoms with Crippen molar-refractivity contribution in [2.45, 2.75) is 18.3 Å². The number of rotatable bonds is 7. The van der Waals surface area contributed by atoms with Crippen molar-refractivity contribution in [1.29, 1.82) is 0 Å². The van der Waals surface area contributed by atoms with Gasteiger partial charge in [0.25, 0.3) is 0 Å². The molecule has 0 saturated carbocycles. The number of ether oxygens (including phenoxy) is 1. The largest absolute Gasteiger partial charge is 0.492 e. The molecule has 2 aromatic rings. The molecule has 0 radical (unpaired) electrons. The molecule has 0 heterocycles. The van der Waals surface area contributed by atoms with E-state index in [0.29, 0.717) is 6.07 Å². The minimum Gasteiger partial charge on any atom is -0.492 e. The predicted octanol–water partition coefficient (Wildman–Crippen LogP) is 3.16. The molecule has 0 aliphatic heterocycles. The number of nitrogens with one attached hydrogen (secondary N) is 1. The minimum atomic E-state index is -4.47. The third kappa shape index (κ3) is 5.85. The second kappa shape index (κ2) is 8.33. The number of nitrogens with two attached hydrogens (primary N) is 1. The van der Waals surface area contributed by atoms with Crippen LogP contribution in [0.2, 0.25) is 0 Å². The maximum Gasteiger partial charge on any atom is 0.416 e. The van der Waals surface area contributed by atoms with Crippen LogP contribution in [0.3, 0.4) is 0 Å². The fraction of sp³-hybridized carbons (Fsp3) is 0.294. The van der Waals surface area contributed by atoms with Gasteiger partial charge in [0.1, 0.15) is 24.0 Å². The molecule has 0 aromatic heterocycles. The van der Waals surface area contributed by atoms with Crippen LogP contribution in [0.25, 0.3) is 0 Å². The molecule has 0 aliphatic rings. The zero-order valence-corrected chi connectivity index (χ0v) is 13.4. The first kappa shape index (κ1) is 19.9. The summed E-state index contributed by atoms with van der Waals surface area (Å²) in [6.07, 6.45) is -5.64. The Kier molecular flexibility index (Phi) is 6.38. The van der Waals surface area contributed by atoms with E-state index in [9.17, 15) is 27.1 Å². The van der Waals surface area contributed by atoms with Gasteiger partial charge in [-0.3, -0.25) is 0 Å². The van der Waals surface area contributed by atoms with Crippen LogP contribution in [0.1, 0.15) is 5.56 Å². The minimum absolute atomic E-state index is 0.0870. The molecule has 2 atom stereocenters. The smallest absolute Gasteiger partial charge is 0.416 e. The zero-order valence-electron chi connectivity index (χ0n) is 13.4. The number of hydrogen-bond acceptors (Lipinski definition) is 4. The van der Waals surface area contributed by atoms with Gasteiger partial charge in [-0.2, -0.15) is 13.2 Å². The topological polar surface area (TPSA) is 67.5 Å². The molecule has 2 aromatic carbocycles. The lowest BCUT2D eigenvalue weighted by molar-refractivity contribution is -0.137. The highest BCUT2D eigenvalue weighted by atomic mass is 19.4. The van der Waals surface area contributed by atoms with Crippen molar-refractivity contribution in [2.75, 3.05) is 18.5 Å². The summed E-state index contributed by atoms with van der Waals surface area (Å²) in [5.74, 6) is -1.73. The molecule has 0 spiro atoms. The van der Waals surface area contributed by atoms with E-state index in [1.807, 2.05) is 0 Å². The molecule has 0 aliphatic carbocycles. The van der Waals surface area contributed by atoms with Crippen molar-refractivity contribution in [3.05, 3.63) is 59.7 Å². The molecule has 4 N–H and O–H groups in total. The molecular formula is C17H17F5N2O2.